The van der Waals surface area contributed by atoms with Gasteiger partial charge in [0.05, 0.1) is 0 Å². The second kappa shape index (κ2) is 13.4. The maximum absolute atomic E-state index is 12.0. The van der Waals surface area contributed by atoms with E-state index in [4.69, 9.17) is 4.98 Å². The highest BCUT2D eigenvalue weighted by Crippen LogP contribution is 2.20. The molecule has 2 heterocycles. The first-order valence-electron chi connectivity index (χ1n) is 11.8. The lowest BCUT2D eigenvalue weighted by atomic mass is 10.1. The van der Waals surface area contributed by atoms with Crippen molar-refractivity contribution >= 4 is 22.6 Å². The molecular weight excluding hydrogens is 406 g/mol. The Kier molecular flexibility index (Phi) is 10.3. The number of anilines is 1. The molecule has 1 aromatic carbocycles. The summed E-state index contributed by atoms with van der Waals surface area (Å²) in [5, 5.41) is 4.11. The molecule has 1 aliphatic rings. The number of carbonyl (C=O) groups is 1. The summed E-state index contributed by atoms with van der Waals surface area (Å²) < 4.78 is 4.55. The molecule has 7 heteroatoms. The van der Waals surface area contributed by atoms with Gasteiger partial charge in [-0.15, -0.1) is 0 Å². The minimum Gasteiger partial charge on any atom is -0.355 e. The average molecular weight is 444 g/mol. The molecule has 31 heavy (non-hydrogen) atoms. The van der Waals surface area contributed by atoms with Gasteiger partial charge >= 0.3 is 0 Å². The maximum Gasteiger partial charge on any atom is 0.220 e. The fraction of sp³-hybridized carbons (Fsp3) is 0.625. The van der Waals surface area contributed by atoms with Crippen LogP contribution in [0.4, 0.5) is 5.13 Å². The molecule has 0 saturated carbocycles. The van der Waals surface area contributed by atoms with Crippen LogP contribution >= 0.6 is 11.5 Å². The molecule has 0 spiro atoms. The van der Waals surface area contributed by atoms with Crippen LogP contribution in [-0.2, 0) is 11.2 Å². The summed E-state index contributed by atoms with van der Waals surface area (Å²) in [5.74, 6) is 1.11. The number of carbonyl (C=O) groups excluding carboxylic acids is 1. The van der Waals surface area contributed by atoms with Crippen LogP contribution in [0.5, 0.6) is 0 Å². The van der Waals surface area contributed by atoms with Crippen LogP contribution in [0.25, 0.3) is 0 Å². The molecule has 2 aromatic rings. The van der Waals surface area contributed by atoms with E-state index in [1.54, 1.807) is 0 Å². The Hall–Kier alpha value is -1.99. The normalized spacial score (nSPS) is 14.7. The largest absolute Gasteiger partial charge is 0.355 e. The number of rotatable bonds is 13. The molecular formula is C24H37N5OS. The number of nitrogens with one attached hydrogen (secondary N) is 1. The summed E-state index contributed by atoms with van der Waals surface area (Å²) in [6.45, 7) is 7.83. The number of piperazine rings is 1. The molecule has 3 rings (SSSR count). The number of amides is 1. The molecule has 1 aliphatic heterocycles. The predicted octanol–water partition coefficient (Wildman–Crippen LogP) is 4.12. The first-order chi connectivity index (χ1) is 15.2. The van der Waals surface area contributed by atoms with Crippen molar-refractivity contribution in [3.63, 3.8) is 0 Å². The second-order valence-electron chi connectivity index (χ2n) is 8.35. The summed E-state index contributed by atoms with van der Waals surface area (Å²) in [6, 6.07) is 10.4. The molecule has 170 valence electrons. The Morgan fingerprint density at radius 1 is 1.03 bits per heavy atom. The first-order valence-corrected chi connectivity index (χ1v) is 12.6. The standard InChI is InChI=1S/C24H37N5OS/c1-2-3-4-5-6-10-13-23(30)25-14-15-28-16-18-29(19-17-28)24-26-22(27-31-24)20-21-11-8-7-9-12-21/h7-9,11-12H,2-6,10,13-20H2,1H3,(H,25,30). The van der Waals surface area contributed by atoms with E-state index in [1.165, 1.54) is 49.2 Å². The van der Waals surface area contributed by atoms with Crippen LogP contribution in [0.15, 0.2) is 30.3 Å². The Labute approximate surface area is 191 Å². The Balaban J connectivity index is 1.27. The van der Waals surface area contributed by atoms with Gasteiger partial charge in [-0.2, -0.15) is 4.37 Å². The van der Waals surface area contributed by atoms with Gasteiger partial charge in [0.1, 0.15) is 5.82 Å². The lowest BCUT2D eigenvalue weighted by Gasteiger charge is -2.34. The smallest absolute Gasteiger partial charge is 0.220 e. The fourth-order valence-electron chi connectivity index (χ4n) is 3.89. The summed E-state index contributed by atoms with van der Waals surface area (Å²) in [6.07, 6.45) is 8.79. The van der Waals surface area contributed by atoms with Crippen LogP contribution in [0.3, 0.4) is 0 Å². The maximum atomic E-state index is 12.0. The third-order valence-corrected chi connectivity index (χ3v) is 6.63. The number of hydrogen-bond donors (Lipinski definition) is 1. The third-order valence-electron chi connectivity index (χ3n) is 5.81. The minimum absolute atomic E-state index is 0.203. The van der Waals surface area contributed by atoms with Gasteiger partial charge in [-0.25, -0.2) is 4.98 Å². The molecule has 1 saturated heterocycles. The number of unbranched alkanes of at least 4 members (excludes halogenated alkanes) is 5. The van der Waals surface area contributed by atoms with Crippen molar-refractivity contribution in [2.45, 2.75) is 58.3 Å². The highest BCUT2D eigenvalue weighted by Gasteiger charge is 2.20. The quantitative estimate of drug-likeness (QED) is 0.472. The van der Waals surface area contributed by atoms with Gasteiger partial charge in [0.2, 0.25) is 11.0 Å². The number of aromatic nitrogens is 2. The van der Waals surface area contributed by atoms with Gasteiger partial charge in [0.15, 0.2) is 0 Å². The van der Waals surface area contributed by atoms with Crippen molar-refractivity contribution in [2.24, 2.45) is 0 Å². The van der Waals surface area contributed by atoms with E-state index < -0.39 is 0 Å². The van der Waals surface area contributed by atoms with Crippen molar-refractivity contribution in [2.75, 3.05) is 44.2 Å². The average Bonchev–Trinajstić information content (AvgIpc) is 3.26. The molecule has 1 fully saturated rings. The topological polar surface area (TPSA) is 61.4 Å². The van der Waals surface area contributed by atoms with Gasteiger partial charge in [0, 0.05) is 63.6 Å². The van der Waals surface area contributed by atoms with Gasteiger partial charge in [-0.3, -0.25) is 9.69 Å². The van der Waals surface area contributed by atoms with Gasteiger partial charge < -0.3 is 10.2 Å². The van der Waals surface area contributed by atoms with E-state index in [9.17, 15) is 4.79 Å². The summed E-state index contributed by atoms with van der Waals surface area (Å²) >= 11 is 1.50. The summed E-state index contributed by atoms with van der Waals surface area (Å²) in [5.41, 5.74) is 1.25. The van der Waals surface area contributed by atoms with E-state index >= 15 is 0 Å². The third kappa shape index (κ3) is 8.57. The minimum atomic E-state index is 0.203. The van der Waals surface area contributed by atoms with Crippen molar-refractivity contribution in [1.82, 2.24) is 19.6 Å². The van der Waals surface area contributed by atoms with Crippen LogP contribution in [-0.4, -0.2) is 59.4 Å². The van der Waals surface area contributed by atoms with Gasteiger partial charge in [-0.05, 0) is 12.0 Å². The Bertz CT molecular complexity index is 758. The molecule has 0 unspecified atom stereocenters. The van der Waals surface area contributed by atoms with Gasteiger partial charge in [-0.1, -0.05) is 69.4 Å². The molecule has 0 radical (unpaired) electrons. The predicted molar refractivity (Wildman–Crippen MR) is 129 cm³/mol. The molecule has 6 nitrogen and oxygen atoms in total. The molecule has 0 atom stereocenters. The zero-order valence-corrected chi connectivity index (χ0v) is 19.7. The van der Waals surface area contributed by atoms with Crippen LogP contribution in [0.1, 0.15) is 63.3 Å². The highest BCUT2D eigenvalue weighted by molar-refractivity contribution is 7.09. The lowest BCUT2D eigenvalue weighted by molar-refractivity contribution is -0.121. The summed E-state index contributed by atoms with van der Waals surface area (Å²) in [7, 11) is 0. The first kappa shape index (κ1) is 23.7. The molecule has 1 N–H and O–H groups in total. The molecule has 1 aromatic heterocycles. The molecule has 1 amide bonds. The van der Waals surface area contributed by atoms with E-state index in [0.29, 0.717) is 6.42 Å². The van der Waals surface area contributed by atoms with E-state index in [0.717, 1.165) is 63.1 Å². The Morgan fingerprint density at radius 2 is 1.77 bits per heavy atom. The van der Waals surface area contributed by atoms with Crippen molar-refractivity contribution in [1.29, 1.82) is 0 Å². The number of hydrogen-bond acceptors (Lipinski definition) is 6. The monoisotopic (exact) mass is 443 g/mol. The zero-order valence-electron chi connectivity index (χ0n) is 18.9. The molecule has 0 aliphatic carbocycles. The Morgan fingerprint density at radius 3 is 2.55 bits per heavy atom. The number of benzene rings is 1. The van der Waals surface area contributed by atoms with Crippen LogP contribution < -0.4 is 10.2 Å². The van der Waals surface area contributed by atoms with Crippen LogP contribution in [0.2, 0.25) is 0 Å². The van der Waals surface area contributed by atoms with E-state index in [1.807, 2.05) is 6.07 Å². The zero-order chi connectivity index (χ0) is 21.7. The number of nitrogens with zero attached hydrogens (tertiary/aromatic N) is 4. The molecule has 0 bridgehead atoms. The van der Waals surface area contributed by atoms with E-state index in [-0.39, 0.29) is 5.91 Å². The van der Waals surface area contributed by atoms with Crippen molar-refractivity contribution in [3.05, 3.63) is 41.7 Å². The second-order valence-corrected chi connectivity index (χ2v) is 9.08. The summed E-state index contributed by atoms with van der Waals surface area (Å²) in [4.78, 5) is 21.5. The van der Waals surface area contributed by atoms with Crippen molar-refractivity contribution in [3.8, 4) is 0 Å². The van der Waals surface area contributed by atoms with Crippen molar-refractivity contribution < 1.29 is 4.79 Å². The SMILES string of the molecule is CCCCCCCCC(=O)NCCN1CCN(c2nc(Cc3ccccc3)ns2)CC1. The van der Waals surface area contributed by atoms with Gasteiger partial charge in [0.25, 0.3) is 0 Å². The highest BCUT2D eigenvalue weighted by atomic mass is 32.1. The van der Waals surface area contributed by atoms with E-state index in [2.05, 4.69) is 50.7 Å². The lowest BCUT2D eigenvalue weighted by Crippen LogP contribution is -2.48. The fourth-order valence-corrected chi connectivity index (χ4v) is 4.63. The van der Waals surface area contributed by atoms with Crippen LogP contribution in [0, 0.1) is 0 Å².